The summed E-state index contributed by atoms with van der Waals surface area (Å²) in [5.74, 6) is 0.764. The molecule has 0 amide bonds. The van der Waals surface area contributed by atoms with Crippen molar-refractivity contribution in [3.05, 3.63) is 29.8 Å². The van der Waals surface area contributed by atoms with Crippen molar-refractivity contribution in [3.63, 3.8) is 0 Å². The number of carbonyl (C=O) groups is 1. The standard InChI is InChI=1S/C12H16O3/c1-4-11(15-3)12(13)9-5-7-10(14-2)8-6-9/h5-8,11H,4H2,1-3H3. The second-order valence-corrected chi connectivity index (χ2v) is 3.23. The lowest BCUT2D eigenvalue weighted by Crippen LogP contribution is -2.21. The summed E-state index contributed by atoms with van der Waals surface area (Å²) in [6, 6.07) is 7.05. The maximum absolute atomic E-state index is 11.8. The molecule has 1 aromatic carbocycles. The third kappa shape index (κ3) is 2.80. The molecule has 0 spiro atoms. The third-order valence-corrected chi connectivity index (χ3v) is 2.32. The Morgan fingerprint density at radius 1 is 1.27 bits per heavy atom. The molecule has 0 aliphatic heterocycles. The van der Waals surface area contributed by atoms with Gasteiger partial charge in [-0.15, -0.1) is 0 Å². The average molecular weight is 208 g/mol. The fourth-order valence-corrected chi connectivity index (χ4v) is 1.40. The van der Waals surface area contributed by atoms with E-state index in [9.17, 15) is 4.79 Å². The fraction of sp³-hybridized carbons (Fsp3) is 0.417. The van der Waals surface area contributed by atoms with Gasteiger partial charge in [0, 0.05) is 12.7 Å². The van der Waals surface area contributed by atoms with Gasteiger partial charge < -0.3 is 9.47 Å². The number of benzene rings is 1. The second kappa shape index (κ2) is 5.51. The molecule has 1 atom stereocenters. The quantitative estimate of drug-likeness (QED) is 0.696. The Balaban J connectivity index is 2.82. The highest BCUT2D eigenvalue weighted by Gasteiger charge is 2.16. The smallest absolute Gasteiger partial charge is 0.191 e. The largest absolute Gasteiger partial charge is 0.497 e. The van der Waals surface area contributed by atoms with E-state index in [0.29, 0.717) is 12.0 Å². The lowest BCUT2D eigenvalue weighted by atomic mass is 10.0. The second-order valence-electron chi connectivity index (χ2n) is 3.23. The predicted molar refractivity (Wildman–Crippen MR) is 58.4 cm³/mol. The Kier molecular flexibility index (Phi) is 4.31. The van der Waals surface area contributed by atoms with Crippen LogP contribution in [0, 0.1) is 0 Å². The zero-order chi connectivity index (χ0) is 11.3. The van der Waals surface area contributed by atoms with Crippen LogP contribution in [0.25, 0.3) is 0 Å². The highest BCUT2D eigenvalue weighted by molar-refractivity contribution is 5.99. The molecule has 1 aromatic rings. The van der Waals surface area contributed by atoms with E-state index in [1.165, 1.54) is 0 Å². The summed E-state index contributed by atoms with van der Waals surface area (Å²) >= 11 is 0. The Bertz CT molecular complexity index is 312. The van der Waals surface area contributed by atoms with E-state index in [1.807, 2.05) is 6.92 Å². The van der Waals surface area contributed by atoms with Crippen LogP contribution in [-0.2, 0) is 4.74 Å². The van der Waals surface area contributed by atoms with Gasteiger partial charge in [-0.05, 0) is 30.7 Å². The van der Waals surface area contributed by atoms with Crippen LogP contribution in [0.15, 0.2) is 24.3 Å². The zero-order valence-corrected chi connectivity index (χ0v) is 9.32. The summed E-state index contributed by atoms with van der Waals surface area (Å²) in [4.78, 5) is 11.8. The highest BCUT2D eigenvalue weighted by Crippen LogP contribution is 2.14. The van der Waals surface area contributed by atoms with E-state index in [0.717, 1.165) is 5.75 Å². The molecule has 3 nitrogen and oxygen atoms in total. The van der Waals surface area contributed by atoms with Gasteiger partial charge in [-0.3, -0.25) is 4.79 Å². The Morgan fingerprint density at radius 3 is 2.27 bits per heavy atom. The number of methoxy groups -OCH3 is 2. The monoisotopic (exact) mass is 208 g/mol. The Labute approximate surface area is 90.0 Å². The molecular weight excluding hydrogens is 192 g/mol. The first kappa shape index (κ1) is 11.7. The molecule has 1 rings (SSSR count). The first-order valence-electron chi connectivity index (χ1n) is 4.94. The van der Waals surface area contributed by atoms with Crippen molar-refractivity contribution in [1.82, 2.24) is 0 Å². The SMILES string of the molecule is CCC(OC)C(=O)c1ccc(OC)cc1. The summed E-state index contributed by atoms with van der Waals surface area (Å²) in [5, 5.41) is 0. The van der Waals surface area contributed by atoms with Crippen molar-refractivity contribution in [2.75, 3.05) is 14.2 Å². The molecule has 1 unspecified atom stereocenters. The van der Waals surface area contributed by atoms with Crippen LogP contribution in [-0.4, -0.2) is 26.1 Å². The van der Waals surface area contributed by atoms with E-state index in [4.69, 9.17) is 9.47 Å². The number of Topliss-reactive ketones (excluding diaryl/α,β-unsaturated/α-hetero) is 1. The first-order valence-corrected chi connectivity index (χ1v) is 4.94. The topological polar surface area (TPSA) is 35.5 Å². The van der Waals surface area contributed by atoms with E-state index in [-0.39, 0.29) is 11.9 Å². The zero-order valence-electron chi connectivity index (χ0n) is 9.32. The molecule has 0 bridgehead atoms. The minimum Gasteiger partial charge on any atom is -0.497 e. The maximum atomic E-state index is 11.8. The normalized spacial score (nSPS) is 12.2. The number of ether oxygens (including phenoxy) is 2. The summed E-state index contributed by atoms with van der Waals surface area (Å²) in [6.45, 7) is 1.93. The fourth-order valence-electron chi connectivity index (χ4n) is 1.40. The Morgan fingerprint density at radius 2 is 1.87 bits per heavy atom. The molecule has 82 valence electrons. The number of hydrogen-bond acceptors (Lipinski definition) is 3. The predicted octanol–water partition coefficient (Wildman–Crippen LogP) is 2.30. The van der Waals surface area contributed by atoms with Crippen molar-refractivity contribution in [2.45, 2.75) is 19.4 Å². The van der Waals surface area contributed by atoms with Gasteiger partial charge in [-0.2, -0.15) is 0 Å². The minimum absolute atomic E-state index is 0.0163. The van der Waals surface area contributed by atoms with Crippen LogP contribution in [0.3, 0.4) is 0 Å². The van der Waals surface area contributed by atoms with Crippen molar-refractivity contribution in [1.29, 1.82) is 0 Å². The summed E-state index contributed by atoms with van der Waals surface area (Å²) in [6.07, 6.45) is 0.333. The van der Waals surface area contributed by atoms with Gasteiger partial charge in [0.15, 0.2) is 5.78 Å². The van der Waals surface area contributed by atoms with Crippen LogP contribution >= 0.6 is 0 Å². The molecule has 15 heavy (non-hydrogen) atoms. The number of carbonyl (C=O) groups excluding carboxylic acids is 1. The summed E-state index contributed by atoms with van der Waals surface area (Å²) in [5.41, 5.74) is 0.657. The number of hydrogen-bond donors (Lipinski definition) is 0. The van der Waals surface area contributed by atoms with Crippen LogP contribution < -0.4 is 4.74 Å². The molecule has 0 aliphatic carbocycles. The van der Waals surface area contributed by atoms with Gasteiger partial charge in [-0.1, -0.05) is 6.92 Å². The van der Waals surface area contributed by atoms with Gasteiger partial charge in [0.1, 0.15) is 11.9 Å². The maximum Gasteiger partial charge on any atom is 0.191 e. The molecule has 0 radical (unpaired) electrons. The number of ketones is 1. The van der Waals surface area contributed by atoms with Gasteiger partial charge in [0.05, 0.1) is 7.11 Å². The molecule has 3 heteroatoms. The molecule has 0 saturated heterocycles. The van der Waals surface area contributed by atoms with Crippen LogP contribution in [0.2, 0.25) is 0 Å². The molecule has 0 fully saturated rings. The summed E-state index contributed by atoms with van der Waals surface area (Å²) < 4.78 is 10.1. The highest BCUT2D eigenvalue weighted by atomic mass is 16.5. The lowest BCUT2D eigenvalue weighted by Gasteiger charge is -2.11. The van der Waals surface area contributed by atoms with Gasteiger partial charge in [0.25, 0.3) is 0 Å². The van der Waals surface area contributed by atoms with Crippen molar-refractivity contribution < 1.29 is 14.3 Å². The third-order valence-electron chi connectivity index (χ3n) is 2.32. The summed E-state index contributed by atoms with van der Waals surface area (Å²) in [7, 11) is 3.15. The van der Waals surface area contributed by atoms with E-state index < -0.39 is 0 Å². The molecule has 0 N–H and O–H groups in total. The van der Waals surface area contributed by atoms with E-state index in [2.05, 4.69) is 0 Å². The van der Waals surface area contributed by atoms with Crippen LogP contribution in [0.5, 0.6) is 5.75 Å². The van der Waals surface area contributed by atoms with Gasteiger partial charge in [-0.25, -0.2) is 0 Å². The van der Waals surface area contributed by atoms with Crippen LogP contribution in [0.1, 0.15) is 23.7 Å². The van der Waals surface area contributed by atoms with Crippen LogP contribution in [0.4, 0.5) is 0 Å². The van der Waals surface area contributed by atoms with Gasteiger partial charge in [0.2, 0.25) is 0 Å². The first-order chi connectivity index (χ1) is 7.22. The van der Waals surface area contributed by atoms with Gasteiger partial charge >= 0.3 is 0 Å². The molecule has 0 aliphatic rings. The Hall–Kier alpha value is -1.35. The van der Waals surface area contributed by atoms with Crippen molar-refractivity contribution >= 4 is 5.78 Å². The molecule has 0 heterocycles. The van der Waals surface area contributed by atoms with E-state index in [1.54, 1.807) is 38.5 Å². The molecule has 0 aromatic heterocycles. The lowest BCUT2D eigenvalue weighted by molar-refractivity contribution is 0.0595. The molecule has 0 saturated carbocycles. The van der Waals surface area contributed by atoms with E-state index >= 15 is 0 Å². The molecular formula is C12H16O3. The minimum atomic E-state index is -0.349. The average Bonchev–Trinajstić information content (AvgIpc) is 2.30. The number of rotatable bonds is 5. The van der Waals surface area contributed by atoms with Crippen molar-refractivity contribution in [2.24, 2.45) is 0 Å². The van der Waals surface area contributed by atoms with Crippen molar-refractivity contribution in [3.8, 4) is 5.75 Å².